The van der Waals surface area contributed by atoms with Crippen molar-refractivity contribution in [1.29, 1.82) is 0 Å². The Labute approximate surface area is 106 Å². The van der Waals surface area contributed by atoms with E-state index in [0.29, 0.717) is 0 Å². The molecule has 10 nitrogen and oxygen atoms in total. The molecule has 0 aliphatic rings. The Bertz CT molecular complexity index is 422. The molecule has 0 saturated carbocycles. The summed E-state index contributed by atoms with van der Waals surface area (Å²) in [7, 11) is -11.4. The third kappa shape index (κ3) is 8.19. The average molecular weight is 350 g/mol. The van der Waals surface area contributed by atoms with Gasteiger partial charge in [-0.1, -0.05) is 0 Å². The van der Waals surface area contributed by atoms with Gasteiger partial charge in [-0.15, -0.1) is 0 Å². The molecule has 0 saturated heterocycles. The number of carbonyl (C=O) groups is 2. The smallest absolute Gasteiger partial charge is 0.362 e. The zero-order valence-corrected chi connectivity index (χ0v) is 10.5. The minimum atomic E-state index is -5.71. The third-order valence-corrected chi connectivity index (χ3v) is 2.63. The topological polar surface area (TPSA) is 146 Å². The van der Waals surface area contributed by atoms with Gasteiger partial charge in [0.2, 0.25) is 0 Å². The lowest BCUT2D eigenvalue weighted by atomic mass is 10.7. The summed E-state index contributed by atoms with van der Waals surface area (Å²) in [5.41, 5.74) is 0. The highest BCUT2D eigenvalue weighted by molar-refractivity contribution is 7.49. The number of hydrogen-bond donors (Lipinski definition) is 2. The van der Waals surface area contributed by atoms with E-state index >= 15 is 0 Å². The van der Waals surface area contributed by atoms with Crippen molar-refractivity contribution in [2.24, 2.45) is 0 Å². The predicted octanol–water partition coefficient (Wildman–Crippen LogP) is 0.752. The Morgan fingerprint density at radius 1 is 0.800 bits per heavy atom. The lowest BCUT2D eigenvalue weighted by Gasteiger charge is -2.12. The fourth-order valence-corrected chi connectivity index (χ4v) is 1.59. The standard InChI is InChI=1S/C4H4F4O10P2/c5-3(6)17-19(11,12)15-1(9)2(10)16-20(13,14)18-4(7)8/h3-4H,(H,11,12)(H,13,14). The van der Waals surface area contributed by atoms with Crippen LogP contribution in [0.25, 0.3) is 0 Å². The number of halogens is 4. The SMILES string of the molecule is O=C(OP(=O)(O)OC(F)F)C(=O)OP(=O)(O)OC(F)F. The maximum atomic E-state index is 11.5. The number of phosphoric ester groups is 2. The van der Waals surface area contributed by atoms with E-state index in [1.165, 1.54) is 0 Å². The van der Waals surface area contributed by atoms with Gasteiger partial charge in [-0.3, -0.25) is 9.79 Å². The molecule has 0 aromatic heterocycles. The minimum Gasteiger partial charge on any atom is -0.362 e. The average Bonchev–Trinajstić information content (AvgIpc) is 2.10. The Morgan fingerprint density at radius 2 is 1.05 bits per heavy atom. The summed E-state index contributed by atoms with van der Waals surface area (Å²) in [6.45, 7) is -7.72. The second-order valence-electron chi connectivity index (χ2n) is 2.43. The molecule has 0 heterocycles. The van der Waals surface area contributed by atoms with Gasteiger partial charge in [0.25, 0.3) is 0 Å². The van der Waals surface area contributed by atoms with Gasteiger partial charge >= 0.3 is 40.8 Å². The molecule has 0 fully saturated rings. The van der Waals surface area contributed by atoms with E-state index in [1.807, 2.05) is 0 Å². The van der Waals surface area contributed by atoms with Crippen LogP contribution in [0.15, 0.2) is 0 Å². The highest BCUT2D eigenvalue weighted by Crippen LogP contribution is 2.47. The minimum absolute atomic E-state index is 2.54. The van der Waals surface area contributed by atoms with Crippen LogP contribution in [-0.2, 0) is 36.8 Å². The summed E-state index contributed by atoms with van der Waals surface area (Å²) in [4.78, 5) is 38.3. The molecule has 2 N–H and O–H groups in total. The van der Waals surface area contributed by atoms with E-state index in [0.717, 1.165) is 0 Å². The first-order valence-electron chi connectivity index (χ1n) is 3.91. The molecule has 0 spiro atoms. The highest BCUT2D eigenvalue weighted by Gasteiger charge is 2.38. The summed E-state index contributed by atoms with van der Waals surface area (Å²) < 4.78 is 79.5. The van der Waals surface area contributed by atoms with Crippen LogP contribution in [0, 0.1) is 0 Å². The maximum Gasteiger partial charge on any atom is 0.534 e. The molecule has 0 amide bonds. The first-order valence-corrected chi connectivity index (χ1v) is 6.90. The van der Waals surface area contributed by atoms with E-state index in [4.69, 9.17) is 9.79 Å². The second kappa shape index (κ2) is 7.11. The van der Waals surface area contributed by atoms with Crippen molar-refractivity contribution in [2.45, 2.75) is 13.2 Å². The van der Waals surface area contributed by atoms with Gasteiger partial charge in [0.15, 0.2) is 0 Å². The molecule has 0 radical (unpaired) electrons. The van der Waals surface area contributed by atoms with Crippen molar-refractivity contribution in [2.75, 3.05) is 0 Å². The normalized spacial score (nSPS) is 17.4. The summed E-state index contributed by atoms with van der Waals surface area (Å²) in [5.74, 6) is -5.08. The molecule has 2 unspecified atom stereocenters. The van der Waals surface area contributed by atoms with Crippen molar-refractivity contribution in [1.82, 2.24) is 0 Å². The van der Waals surface area contributed by atoms with Gasteiger partial charge < -0.3 is 9.05 Å². The van der Waals surface area contributed by atoms with E-state index in [1.54, 1.807) is 0 Å². The number of alkyl halides is 4. The molecular formula is C4H4F4O10P2. The van der Waals surface area contributed by atoms with Gasteiger partial charge in [-0.25, -0.2) is 27.8 Å². The molecule has 0 aromatic carbocycles. The maximum absolute atomic E-state index is 11.5. The van der Waals surface area contributed by atoms with E-state index in [-0.39, 0.29) is 0 Å². The van der Waals surface area contributed by atoms with Crippen LogP contribution >= 0.6 is 15.6 Å². The van der Waals surface area contributed by atoms with E-state index in [9.17, 15) is 36.3 Å². The molecule has 0 aliphatic carbocycles. The van der Waals surface area contributed by atoms with Crippen molar-refractivity contribution < 1.29 is 64.2 Å². The van der Waals surface area contributed by atoms with Crippen LogP contribution in [0.1, 0.15) is 0 Å². The molecular weight excluding hydrogens is 346 g/mol. The van der Waals surface area contributed by atoms with Crippen molar-refractivity contribution >= 4 is 27.6 Å². The molecule has 20 heavy (non-hydrogen) atoms. The van der Waals surface area contributed by atoms with Gasteiger partial charge in [0.1, 0.15) is 0 Å². The van der Waals surface area contributed by atoms with Gasteiger partial charge in [0, 0.05) is 0 Å². The van der Waals surface area contributed by atoms with Gasteiger partial charge in [-0.05, 0) is 0 Å². The Balaban J connectivity index is 4.61. The second-order valence-corrected chi connectivity index (χ2v) is 5.09. The summed E-state index contributed by atoms with van der Waals surface area (Å²) in [5, 5.41) is 0. The number of rotatable bonds is 6. The molecule has 118 valence electrons. The Hall–Kier alpha value is -1.04. The lowest BCUT2D eigenvalue weighted by molar-refractivity contribution is -0.161. The van der Waals surface area contributed by atoms with Crippen molar-refractivity contribution in [3.63, 3.8) is 0 Å². The molecule has 0 bridgehead atoms. The van der Waals surface area contributed by atoms with Crippen LogP contribution < -0.4 is 0 Å². The lowest BCUT2D eigenvalue weighted by Crippen LogP contribution is -2.20. The van der Waals surface area contributed by atoms with Crippen molar-refractivity contribution in [3.8, 4) is 0 Å². The summed E-state index contributed by atoms with van der Waals surface area (Å²) in [6.07, 6.45) is 0. The number of phosphoric acid groups is 2. The quantitative estimate of drug-likeness (QED) is 0.400. The predicted molar refractivity (Wildman–Crippen MR) is 46.0 cm³/mol. The molecule has 0 rings (SSSR count). The van der Waals surface area contributed by atoms with Gasteiger partial charge in [-0.2, -0.15) is 17.6 Å². The Morgan fingerprint density at radius 3 is 1.25 bits per heavy atom. The monoisotopic (exact) mass is 350 g/mol. The van der Waals surface area contributed by atoms with Crippen LogP contribution in [0.2, 0.25) is 0 Å². The first-order chi connectivity index (χ1) is 8.84. The van der Waals surface area contributed by atoms with Crippen LogP contribution in [0.3, 0.4) is 0 Å². The van der Waals surface area contributed by atoms with Crippen LogP contribution in [0.4, 0.5) is 17.6 Å². The number of hydrogen-bond acceptors (Lipinski definition) is 8. The zero-order chi connectivity index (χ0) is 16.1. The van der Waals surface area contributed by atoms with Crippen molar-refractivity contribution in [3.05, 3.63) is 0 Å². The summed E-state index contributed by atoms with van der Waals surface area (Å²) >= 11 is 0. The highest BCUT2D eigenvalue weighted by atomic mass is 31.2. The van der Waals surface area contributed by atoms with Gasteiger partial charge in [0.05, 0.1) is 0 Å². The number of carbonyl (C=O) groups excluding carboxylic acids is 2. The largest absolute Gasteiger partial charge is 0.534 e. The zero-order valence-electron chi connectivity index (χ0n) is 8.72. The fourth-order valence-electron chi connectivity index (χ4n) is 0.529. The molecule has 0 aromatic rings. The van der Waals surface area contributed by atoms with E-state index < -0.39 is 40.8 Å². The fraction of sp³-hybridized carbons (Fsp3) is 0.500. The molecule has 0 aliphatic heterocycles. The third-order valence-electron chi connectivity index (χ3n) is 0.989. The summed E-state index contributed by atoms with van der Waals surface area (Å²) in [6, 6.07) is 0. The van der Waals surface area contributed by atoms with Crippen LogP contribution in [-0.4, -0.2) is 34.9 Å². The molecule has 16 heteroatoms. The van der Waals surface area contributed by atoms with E-state index in [2.05, 4.69) is 18.1 Å². The first kappa shape index (κ1) is 19.0. The molecule has 2 atom stereocenters. The van der Waals surface area contributed by atoms with Crippen LogP contribution in [0.5, 0.6) is 0 Å². The Kier molecular flexibility index (Phi) is 6.74.